The molecule has 1 heteroatoms. The van der Waals surface area contributed by atoms with Crippen molar-refractivity contribution in [1.82, 2.24) is 0 Å². The Morgan fingerprint density at radius 1 is 1.11 bits per heavy atom. The molecule has 1 nitrogen and oxygen atoms in total. The van der Waals surface area contributed by atoms with Crippen LogP contribution in [0, 0.1) is 0 Å². The minimum atomic E-state index is -0.451. The summed E-state index contributed by atoms with van der Waals surface area (Å²) >= 11 is 0. The molecule has 1 aliphatic carbocycles. The van der Waals surface area contributed by atoms with Crippen molar-refractivity contribution in [2.45, 2.75) is 19.4 Å². The number of hydrogen-bond acceptors (Lipinski definition) is 1. The fourth-order valence-electron chi connectivity index (χ4n) is 2.67. The summed E-state index contributed by atoms with van der Waals surface area (Å²) in [5.74, 6) is 0. The molecular weight excluding hydrogens is 220 g/mol. The molecule has 0 saturated carbocycles. The van der Waals surface area contributed by atoms with Crippen molar-refractivity contribution < 1.29 is 5.11 Å². The maximum Gasteiger partial charge on any atom is 0.0773 e. The molecule has 18 heavy (non-hydrogen) atoms. The summed E-state index contributed by atoms with van der Waals surface area (Å²) in [6.45, 7) is 1.84. The topological polar surface area (TPSA) is 20.2 Å². The van der Waals surface area contributed by atoms with Gasteiger partial charge in [-0.15, -0.1) is 0 Å². The Hall–Kier alpha value is -1.86. The van der Waals surface area contributed by atoms with Gasteiger partial charge in [-0.1, -0.05) is 54.6 Å². The van der Waals surface area contributed by atoms with Crippen LogP contribution in [0.2, 0.25) is 0 Å². The van der Waals surface area contributed by atoms with Crippen LogP contribution in [0.1, 0.15) is 30.6 Å². The van der Waals surface area contributed by atoms with Crippen molar-refractivity contribution in [2.75, 3.05) is 0 Å². The molecule has 1 unspecified atom stereocenters. The van der Waals surface area contributed by atoms with Crippen LogP contribution in [0.15, 0.2) is 54.6 Å². The van der Waals surface area contributed by atoms with Gasteiger partial charge in [0.05, 0.1) is 6.10 Å². The number of aliphatic hydroxyl groups is 1. The van der Waals surface area contributed by atoms with Gasteiger partial charge in [0, 0.05) is 0 Å². The first-order valence-electron chi connectivity index (χ1n) is 6.33. The van der Waals surface area contributed by atoms with Gasteiger partial charge in [0.25, 0.3) is 0 Å². The molecule has 90 valence electrons. The first-order valence-corrected chi connectivity index (χ1v) is 6.33. The molecule has 0 heterocycles. The molecule has 0 fully saturated rings. The van der Waals surface area contributed by atoms with Gasteiger partial charge in [-0.05, 0) is 40.8 Å². The van der Waals surface area contributed by atoms with Crippen LogP contribution < -0.4 is 0 Å². The van der Waals surface area contributed by atoms with Gasteiger partial charge in [-0.3, -0.25) is 0 Å². The average Bonchev–Trinajstić information content (AvgIpc) is 2.90. The maximum atomic E-state index is 10.1. The molecule has 3 rings (SSSR count). The van der Waals surface area contributed by atoms with Gasteiger partial charge in [-0.2, -0.15) is 0 Å². The summed E-state index contributed by atoms with van der Waals surface area (Å²) < 4.78 is 0. The van der Waals surface area contributed by atoms with Crippen LogP contribution >= 0.6 is 0 Å². The molecule has 0 spiro atoms. The number of rotatable bonds is 2. The highest BCUT2D eigenvalue weighted by atomic mass is 16.3. The van der Waals surface area contributed by atoms with Gasteiger partial charge < -0.3 is 5.11 Å². The summed E-state index contributed by atoms with van der Waals surface area (Å²) in [5, 5.41) is 12.4. The smallest absolute Gasteiger partial charge is 0.0773 e. The number of fused-ring (bicyclic) bond motifs is 1. The number of allylic oxidation sites excluding steroid dienone is 4. The molecule has 0 aliphatic heterocycles. The Morgan fingerprint density at radius 3 is 2.67 bits per heavy atom. The van der Waals surface area contributed by atoms with E-state index in [1.54, 1.807) is 0 Å². The predicted molar refractivity (Wildman–Crippen MR) is 76.3 cm³/mol. The lowest BCUT2D eigenvalue weighted by molar-refractivity contribution is 0.200. The lowest BCUT2D eigenvalue weighted by Crippen LogP contribution is -1.99. The van der Waals surface area contributed by atoms with E-state index in [1.165, 1.54) is 16.5 Å². The van der Waals surface area contributed by atoms with Crippen molar-refractivity contribution in [2.24, 2.45) is 0 Å². The third kappa shape index (κ3) is 1.77. The quantitative estimate of drug-likeness (QED) is 0.827. The third-order valence-electron chi connectivity index (χ3n) is 3.51. The van der Waals surface area contributed by atoms with Crippen molar-refractivity contribution in [3.8, 4) is 0 Å². The van der Waals surface area contributed by atoms with Crippen LogP contribution in [0.5, 0.6) is 0 Å². The van der Waals surface area contributed by atoms with E-state index < -0.39 is 6.10 Å². The maximum absolute atomic E-state index is 10.1. The van der Waals surface area contributed by atoms with Crippen molar-refractivity contribution in [1.29, 1.82) is 0 Å². The van der Waals surface area contributed by atoms with Crippen LogP contribution in [0.4, 0.5) is 0 Å². The van der Waals surface area contributed by atoms with Gasteiger partial charge in [-0.25, -0.2) is 0 Å². The fourth-order valence-corrected chi connectivity index (χ4v) is 2.67. The fraction of sp³-hybridized carbons (Fsp3) is 0.176. The molecule has 0 bridgehead atoms. The molecule has 0 aromatic heterocycles. The molecule has 0 amide bonds. The van der Waals surface area contributed by atoms with Crippen molar-refractivity contribution in [3.05, 3.63) is 65.8 Å². The highest BCUT2D eigenvalue weighted by Crippen LogP contribution is 2.34. The Balaban J connectivity index is 2.28. The minimum Gasteiger partial charge on any atom is -0.389 e. The zero-order chi connectivity index (χ0) is 12.5. The standard InChI is InChI=1S/C17H16O/c1-12(18)17-15-9-5-4-8-14(15)10-11-16(17)13-6-2-3-7-13/h2-6,8-12,18H,7H2,1H3. The Kier molecular flexibility index (Phi) is 2.77. The predicted octanol–water partition coefficient (Wildman–Crippen LogP) is 4.24. The first kappa shape index (κ1) is 11.2. The number of benzene rings is 2. The zero-order valence-corrected chi connectivity index (χ0v) is 10.4. The van der Waals surface area contributed by atoms with E-state index in [1.807, 2.05) is 19.1 Å². The SMILES string of the molecule is CC(O)c1c(C2=CC=CC2)ccc2ccccc12. The summed E-state index contributed by atoms with van der Waals surface area (Å²) in [7, 11) is 0. The zero-order valence-electron chi connectivity index (χ0n) is 10.4. The van der Waals surface area contributed by atoms with Gasteiger partial charge in [0.1, 0.15) is 0 Å². The molecule has 2 aromatic carbocycles. The van der Waals surface area contributed by atoms with E-state index in [9.17, 15) is 5.11 Å². The molecule has 0 saturated heterocycles. The highest BCUT2D eigenvalue weighted by molar-refractivity contribution is 5.91. The van der Waals surface area contributed by atoms with E-state index in [-0.39, 0.29) is 0 Å². The Labute approximate surface area is 107 Å². The normalized spacial score (nSPS) is 16.0. The largest absolute Gasteiger partial charge is 0.389 e. The lowest BCUT2D eigenvalue weighted by atomic mass is 9.91. The van der Waals surface area contributed by atoms with Crippen LogP contribution in [-0.2, 0) is 0 Å². The highest BCUT2D eigenvalue weighted by Gasteiger charge is 2.15. The van der Waals surface area contributed by atoms with E-state index in [0.29, 0.717) is 0 Å². The molecule has 2 aromatic rings. The molecular formula is C17H16O. The van der Waals surface area contributed by atoms with Crippen LogP contribution in [0.25, 0.3) is 16.3 Å². The van der Waals surface area contributed by atoms with Crippen molar-refractivity contribution >= 4 is 16.3 Å². The van der Waals surface area contributed by atoms with E-state index >= 15 is 0 Å². The summed E-state index contributed by atoms with van der Waals surface area (Å²) in [4.78, 5) is 0. The lowest BCUT2D eigenvalue weighted by Gasteiger charge is -2.16. The molecule has 1 aliphatic rings. The van der Waals surface area contributed by atoms with Gasteiger partial charge in [0.15, 0.2) is 0 Å². The number of hydrogen-bond donors (Lipinski definition) is 1. The van der Waals surface area contributed by atoms with Gasteiger partial charge in [0.2, 0.25) is 0 Å². The molecule has 1 atom stereocenters. The molecule has 0 radical (unpaired) electrons. The first-order chi connectivity index (χ1) is 8.77. The Bertz CT molecular complexity index is 648. The van der Waals surface area contributed by atoms with Crippen LogP contribution in [0.3, 0.4) is 0 Å². The monoisotopic (exact) mass is 236 g/mol. The average molecular weight is 236 g/mol. The molecule has 1 N–H and O–H groups in total. The van der Waals surface area contributed by atoms with Gasteiger partial charge >= 0.3 is 0 Å². The second-order valence-electron chi connectivity index (χ2n) is 4.75. The minimum absolute atomic E-state index is 0.451. The van der Waals surface area contributed by atoms with Crippen LogP contribution in [-0.4, -0.2) is 5.11 Å². The van der Waals surface area contributed by atoms with E-state index in [0.717, 1.165) is 17.4 Å². The third-order valence-corrected chi connectivity index (χ3v) is 3.51. The summed E-state index contributed by atoms with van der Waals surface area (Å²) in [6.07, 6.45) is 6.87. The summed E-state index contributed by atoms with van der Waals surface area (Å²) in [6, 6.07) is 12.5. The Morgan fingerprint density at radius 2 is 1.94 bits per heavy atom. The van der Waals surface area contributed by atoms with E-state index in [4.69, 9.17) is 0 Å². The van der Waals surface area contributed by atoms with Crippen molar-refractivity contribution in [3.63, 3.8) is 0 Å². The second kappa shape index (κ2) is 4.43. The van der Waals surface area contributed by atoms with E-state index in [2.05, 4.69) is 42.5 Å². The second-order valence-corrected chi connectivity index (χ2v) is 4.75. The number of aliphatic hydroxyl groups excluding tert-OH is 1. The summed E-state index contributed by atoms with van der Waals surface area (Å²) in [5.41, 5.74) is 3.51.